The summed E-state index contributed by atoms with van der Waals surface area (Å²) < 4.78 is 32.1. The second kappa shape index (κ2) is 6.71. The number of carbonyl (C=O) groups is 1. The molecule has 0 saturated heterocycles. The second-order valence-electron chi connectivity index (χ2n) is 4.09. The molecule has 1 amide bonds. The van der Waals surface area contributed by atoms with Gasteiger partial charge in [0.2, 0.25) is 11.0 Å². The lowest BCUT2D eigenvalue weighted by Gasteiger charge is -2.10. The summed E-state index contributed by atoms with van der Waals surface area (Å²) in [6.45, 7) is 3.51. The maximum Gasteiger partial charge on any atom is 0.291 e. The van der Waals surface area contributed by atoms with Gasteiger partial charge < -0.3 is 10.1 Å². The minimum Gasteiger partial charge on any atom is -0.492 e. The molecule has 8 nitrogen and oxygen atoms in total. The van der Waals surface area contributed by atoms with Crippen LogP contribution in [0.5, 0.6) is 5.75 Å². The predicted octanol–water partition coefficient (Wildman–Crippen LogP) is 1.70. The largest absolute Gasteiger partial charge is 0.492 e. The number of nitrogens with one attached hydrogen (secondary N) is 2. The molecule has 0 saturated carbocycles. The van der Waals surface area contributed by atoms with E-state index in [2.05, 4.69) is 20.2 Å². The molecule has 2 N–H and O–H groups in total. The highest BCUT2D eigenvalue weighted by atomic mass is 32.2. The molecular formula is C12H14N4O4S2. The van der Waals surface area contributed by atoms with Gasteiger partial charge in [-0.15, -0.1) is 10.2 Å². The van der Waals surface area contributed by atoms with Crippen molar-refractivity contribution in [2.45, 2.75) is 18.2 Å². The van der Waals surface area contributed by atoms with Crippen LogP contribution in [0.4, 0.5) is 10.8 Å². The Morgan fingerprint density at radius 2 is 2.05 bits per heavy atom. The number of benzene rings is 1. The smallest absolute Gasteiger partial charge is 0.291 e. The van der Waals surface area contributed by atoms with Gasteiger partial charge in [0.25, 0.3) is 14.4 Å². The van der Waals surface area contributed by atoms with E-state index in [-0.39, 0.29) is 15.4 Å². The fourth-order valence-electron chi connectivity index (χ4n) is 1.54. The summed E-state index contributed by atoms with van der Waals surface area (Å²) in [5, 5.41) is 9.68. The number of sulfonamides is 1. The first kappa shape index (κ1) is 16.2. The Morgan fingerprint density at radius 3 is 2.73 bits per heavy atom. The van der Waals surface area contributed by atoms with Gasteiger partial charge in [0, 0.05) is 6.92 Å². The third kappa shape index (κ3) is 3.92. The summed E-state index contributed by atoms with van der Waals surface area (Å²) in [6, 6.07) is 6.66. The van der Waals surface area contributed by atoms with E-state index in [0.29, 0.717) is 18.0 Å². The second-order valence-corrected chi connectivity index (χ2v) is 6.92. The standard InChI is InChI=1S/C12H14N4O4S2/c1-3-20-10-7-5-4-6-9(10)16-22(18,19)12-15-14-11(21-12)13-8(2)17/h4-7,16H,3H2,1-2H3,(H,13,14,17). The lowest BCUT2D eigenvalue weighted by atomic mass is 10.3. The predicted molar refractivity (Wildman–Crippen MR) is 82.6 cm³/mol. The fourth-order valence-corrected chi connectivity index (χ4v) is 3.56. The van der Waals surface area contributed by atoms with E-state index in [9.17, 15) is 13.2 Å². The molecule has 1 aromatic heterocycles. The van der Waals surface area contributed by atoms with E-state index < -0.39 is 10.0 Å². The minimum atomic E-state index is -3.91. The lowest BCUT2D eigenvalue weighted by Crippen LogP contribution is -2.13. The Labute approximate surface area is 131 Å². The van der Waals surface area contributed by atoms with Crippen LogP contribution >= 0.6 is 11.3 Å². The van der Waals surface area contributed by atoms with Gasteiger partial charge in [0.15, 0.2) is 0 Å². The summed E-state index contributed by atoms with van der Waals surface area (Å²) in [6.07, 6.45) is 0. The monoisotopic (exact) mass is 342 g/mol. The van der Waals surface area contributed by atoms with Crippen LogP contribution in [0.1, 0.15) is 13.8 Å². The molecule has 10 heteroatoms. The van der Waals surface area contributed by atoms with Gasteiger partial charge in [-0.05, 0) is 19.1 Å². The average Bonchev–Trinajstić information content (AvgIpc) is 2.89. The van der Waals surface area contributed by atoms with Gasteiger partial charge in [-0.25, -0.2) is 0 Å². The highest BCUT2D eigenvalue weighted by Gasteiger charge is 2.22. The number of hydrogen-bond donors (Lipinski definition) is 2. The van der Waals surface area contributed by atoms with Crippen molar-refractivity contribution in [2.24, 2.45) is 0 Å². The number of anilines is 2. The van der Waals surface area contributed by atoms with Crippen LogP contribution in [-0.4, -0.2) is 31.1 Å². The molecule has 0 radical (unpaired) electrons. The molecule has 1 aromatic carbocycles. The molecule has 0 aliphatic heterocycles. The van der Waals surface area contributed by atoms with Crippen LogP contribution in [0, 0.1) is 0 Å². The number of carbonyl (C=O) groups excluding carboxylic acids is 1. The number of para-hydroxylation sites is 2. The van der Waals surface area contributed by atoms with Crippen LogP contribution in [0.25, 0.3) is 0 Å². The maximum atomic E-state index is 12.3. The molecule has 2 aromatic rings. The van der Waals surface area contributed by atoms with E-state index in [1.807, 2.05) is 0 Å². The Morgan fingerprint density at radius 1 is 1.32 bits per heavy atom. The molecule has 0 fully saturated rings. The highest BCUT2D eigenvalue weighted by molar-refractivity contribution is 7.94. The SMILES string of the molecule is CCOc1ccccc1NS(=O)(=O)c1nnc(NC(C)=O)s1. The summed E-state index contributed by atoms with van der Waals surface area (Å²) in [5.41, 5.74) is 0.306. The summed E-state index contributed by atoms with van der Waals surface area (Å²) >= 11 is 0.761. The third-order valence-electron chi connectivity index (χ3n) is 2.35. The van der Waals surface area contributed by atoms with Crippen molar-refractivity contribution in [3.8, 4) is 5.75 Å². The van der Waals surface area contributed by atoms with Crippen LogP contribution in [0.15, 0.2) is 28.6 Å². The van der Waals surface area contributed by atoms with Crippen LogP contribution in [-0.2, 0) is 14.8 Å². The van der Waals surface area contributed by atoms with Crippen molar-refractivity contribution >= 4 is 38.1 Å². The molecule has 118 valence electrons. The Bertz CT molecular complexity index is 773. The summed E-state index contributed by atoms with van der Waals surface area (Å²) in [5.74, 6) is 0.0647. The van der Waals surface area contributed by atoms with Crippen molar-refractivity contribution < 1.29 is 17.9 Å². The van der Waals surface area contributed by atoms with Crippen molar-refractivity contribution in [1.82, 2.24) is 10.2 Å². The van der Waals surface area contributed by atoms with Gasteiger partial charge in [0.1, 0.15) is 5.75 Å². The number of hydrogen-bond acceptors (Lipinski definition) is 7. The molecular weight excluding hydrogens is 328 g/mol. The van der Waals surface area contributed by atoms with Gasteiger partial charge in [-0.1, -0.05) is 23.5 Å². The van der Waals surface area contributed by atoms with E-state index in [1.165, 1.54) is 6.92 Å². The molecule has 0 atom stereocenters. The van der Waals surface area contributed by atoms with E-state index in [4.69, 9.17) is 4.74 Å². The van der Waals surface area contributed by atoms with Gasteiger partial charge >= 0.3 is 0 Å². The Kier molecular flexibility index (Phi) is 4.93. The summed E-state index contributed by atoms with van der Waals surface area (Å²) in [4.78, 5) is 10.9. The zero-order valence-corrected chi connectivity index (χ0v) is 13.5. The zero-order chi connectivity index (χ0) is 16.2. The van der Waals surface area contributed by atoms with E-state index in [1.54, 1.807) is 31.2 Å². The van der Waals surface area contributed by atoms with Crippen molar-refractivity contribution in [3.63, 3.8) is 0 Å². The van der Waals surface area contributed by atoms with Crippen molar-refractivity contribution in [2.75, 3.05) is 16.6 Å². The van der Waals surface area contributed by atoms with Gasteiger partial charge in [0.05, 0.1) is 12.3 Å². The molecule has 0 aliphatic rings. The molecule has 0 bridgehead atoms. The van der Waals surface area contributed by atoms with Crippen LogP contribution in [0.3, 0.4) is 0 Å². The number of amides is 1. The molecule has 0 spiro atoms. The zero-order valence-electron chi connectivity index (χ0n) is 11.9. The fraction of sp³-hybridized carbons (Fsp3) is 0.250. The topological polar surface area (TPSA) is 110 Å². The highest BCUT2D eigenvalue weighted by Crippen LogP contribution is 2.28. The van der Waals surface area contributed by atoms with Crippen LogP contribution < -0.4 is 14.8 Å². The van der Waals surface area contributed by atoms with Gasteiger partial charge in [-0.2, -0.15) is 8.42 Å². The van der Waals surface area contributed by atoms with Gasteiger partial charge in [-0.3, -0.25) is 9.52 Å². The van der Waals surface area contributed by atoms with E-state index in [0.717, 1.165) is 11.3 Å². The molecule has 0 unspecified atom stereocenters. The van der Waals surface area contributed by atoms with Crippen LogP contribution in [0.2, 0.25) is 0 Å². The first-order chi connectivity index (χ1) is 10.4. The number of aromatic nitrogens is 2. The lowest BCUT2D eigenvalue weighted by molar-refractivity contribution is -0.114. The summed E-state index contributed by atoms with van der Waals surface area (Å²) in [7, 11) is -3.91. The third-order valence-corrected chi connectivity index (χ3v) is 4.92. The quantitative estimate of drug-likeness (QED) is 0.773. The molecule has 22 heavy (non-hydrogen) atoms. The number of ether oxygens (including phenoxy) is 1. The Hall–Kier alpha value is -2.20. The first-order valence-corrected chi connectivity index (χ1v) is 8.58. The molecule has 1 heterocycles. The normalized spacial score (nSPS) is 11.0. The maximum absolute atomic E-state index is 12.3. The molecule has 2 rings (SSSR count). The first-order valence-electron chi connectivity index (χ1n) is 6.28. The Balaban J connectivity index is 2.24. The number of rotatable bonds is 6. The molecule has 0 aliphatic carbocycles. The van der Waals surface area contributed by atoms with Crippen molar-refractivity contribution in [3.05, 3.63) is 24.3 Å². The average molecular weight is 342 g/mol. The number of nitrogens with zero attached hydrogens (tertiary/aromatic N) is 2. The van der Waals surface area contributed by atoms with Crippen molar-refractivity contribution in [1.29, 1.82) is 0 Å². The minimum absolute atomic E-state index is 0.117. The van der Waals surface area contributed by atoms with E-state index >= 15 is 0 Å².